The molecule has 3 aliphatic heterocycles. The van der Waals surface area contributed by atoms with Gasteiger partial charge in [0.15, 0.2) is 5.11 Å². The molecule has 1 aromatic heterocycles. The number of benzene rings is 3. The van der Waals surface area contributed by atoms with Gasteiger partial charge >= 0.3 is 12.4 Å². The number of ether oxygens (including phenoxy) is 1. The number of thiocarbonyl (C=S) groups is 1. The molecule has 47 heavy (non-hydrogen) atoms. The van der Waals surface area contributed by atoms with Crippen LogP contribution in [0.4, 0.5) is 37.7 Å². The van der Waals surface area contributed by atoms with Gasteiger partial charge in [0, 0.05) is 35.5 Å². The minimum Gasteiger partial charge on any atom is -0.367 e. The highest BCUT2D eigenvalue weighted by Crippen LogP contribution is 2.44. The fourth-order valence-corrected chi connectivity index (χ4v) is 6.91. The molecule has 5 nitrogen and oxygen atoms in total. The van der Waals surface area contributed by atoms with Gasteiger partial charge in [-0.15, -0.1) is 6.58 Å². The second-order valence-corrected chi connectivity index (χ2v) is 12.4. The number of nitrogens with zero attached hydrogens (tertiary/aromatic N) is 2. The maximum atomic E-state index is 13.4. The first-order valence-corrected chi connectivity index (χ1v) is 15.6. The number of aromatic nitrogens is 1. The summed E-state index contributed by atoms with van der Waals surface area (Å²) in [6.07, 6.45) is -4.42. The smallest absolute Gasteiger partial charge is 0.367 e. The molecule has 4 heterocycles. The van der Waals surface area contributed by atoms with Gasteiger partial charge < -0.3 is 15.4 Å². The van der Waals surface area contributed by atoms with Crippen LogP contribution in [0, 0.1) is 11.8 Å². The summed E-state index contributed by atoms with van der Waals surface area (Å²) in [6, 6.07) is 18.5. The fourth-order valence-electron chi connectivity index (χ4n) is 6.67. The van der Waals surface area contributed by atoms with Gasteiger partial charge in [-0.3, -0.25) is 9.88 Å². The van der Waals surface area contributed by atoms with Gasteiger partial charge in [-0.05, 0) is 97.0 Å². The lowest BCUT2D eigenvalue weighted by Gasteiger charge is -2.51. The summed E-state index contributed by atoms with van der Waals surface area (Å²) in [5.74, 6) is 0.935. The predicted molar refractivity (Wildman–Crippen MR) is 174 cm³/mol. The summed E-state index contributed by atoms with van der Waals surface area (Å²) >= 11 is 5.32. The molecule has 0 saturated carbocycles. The van der Waals surface area contributed by atoms with Gasteiger partial charge in [0.2, 0.25) is 0 Å². The minimum absolute atomic E-state index is 0.0715. The van der Waals surface area contributed by atoms with Crippen molar-refractivity contribution in [1.29, 1.82) is 0 Å². The van der Waals surface area contributed by atoms with Crippen molar-refractivity contribution < 1.29 is 31.1 Å². The number of pyridine rings is 1. The van der Waals surface area contributed by atoms with Crippen LogP contribution in [-0.2, 0) is 23.7 Å². The molecule has 12 heteroatoms. The lowest BCUT2D eigenvalue weighted by Crippen LogP contribution is -2.55. The van der Waals surface area contributed by atoms with Crippen molar-refractivity contribution in [1.82, 2.24) is 9.88 Å². The van der Waals surface area contributed by atoms with Gasteiger partial charge in [0.1, 0.15) is 0 Å². The molecule has 2 bridgehead atoms. The van der Waals surface area contributed by atoms with Crippen LogP contribution in [0.1, 0.15) is 41.2 Å². The quantitative estimate of drug-likeness (QED) is 0.111. The van der Waals surface area contributed by atoms with Crippen LogP contribution < -0.4 is 10.6 Å². The summed E-state index contributed by atoms with van der Waals surface area (Å²) < 4.78 is 87.0. The number of rotatable bonds is 8. The van der Waals surface area contributed by atoms with E-state index in [0.29, 0.717) is 41.8 Å². The average molecular weight is 671 g/mol. The number of fused-ring (bicyclic) bond motifs is 4. The maximum Gasteiger partial charge on any atom is 0.416 e. The third-order valence-corrected chi connectivity index (χ3v) is 9.17. The lowest BCUT2D eigenvalue weighted by molar-refractivity contribution is -0.143. The number of anilines is 2. The Morgan fingerprint density at radius 3 is 2.30 bits per heavy atom. The van der Waals surface area contributed by atoms with Crippen LogP contribution in [0.15, 0.2) is 91.6 Å². The van der Waals surface area contributed by atoms with E-state index in [1.165, 1.54) is 0 Å². The first-order chi connectivity index (χ1) is 22.4. The molecule has 3 unspecified atom stereocenters. The SMILES string of the molecule is C=CC1CN2CCC1C[C@H]2[C@H](OCc1ccccc1)c1ccnc2ccc(NC(=S)Nc3cc(C(F)(F)F)cc(C(F)(F)F)c3)cc12. The summed E-state index contributed by atoms with van der Waals surface area (Å²) in [6.45, 7) is 6.32. The summed E-state index contributed by atoms with van der Waals surface area (Å²) in [5.41, 5.74) is -0.174. The number of nitrogens with one attached hydrogen (secondary N) is 2. The molecule has 0 spiro atoms. The zero-order valence-corrected chi connectivity index (χ0v) is 25.9. The third-order valence-electron chi connectivity index (χ3n) is 8.96. The Hall–Kier alpha value is -4.00. The molecule has 0 amide bonds. The monoisotopic (exact) mass is 670 g/mol. The third kappa shape index (κ3) is 7.45. The fraction of sp³-hybridized carbons (Fsp3) is 0.314. The summed E-state index contributed by atoms with van der Waals surface area (Å²) in [4.78, 5) is 7.01. The van der Waals surface area contributed by atoms with Gasteiger partial charge in [0.25, 0.3) is 0 Å². The molecule has 3 fully saturated rings. The van der Waals surface area contributed by atoms with Crippen molar-refractivity contribution >= 4 is 39.6 Å². The molecule has 3 aliphatic rings. The van der Waals surface area contributed by atoms with Crippen molar-refractivity contribution in [3.8, 4) is 0 Å². The number of hydrogen-bond donors (Lipinski definition) is 2. The zero-order chi connectivity index (χ0) is 33.3. The largest absolute Gasteiger partial charge is 0.416 e. The summed E-state index contributed by atoms with van der Waals surface area (Å²) in [5, 5.41) is 6.01. The van der Waals surface area contributed by atoms with Gasteiger partial charge in [-0.1, -0.05) is 36.4 Å². The Labute approximate surface area is 273 Å². The molecular formula is C35H32F6N4OS. The highest BCUT2D eigenvalue weighted by Gasteiger charge is 2.43. The van der Waals surface area contributed by atoms with Gasteiger partial charge in [-0.2, -0.15) is 26.3 Å². The Morgan fingerprint density at radius 2 is 1.66 bits per heavy atom. The van der Waals surface area contributed by atoms with E-state index in [1.807, 2.05) is 48.5 Å². The predicted octanol–water partition coefficient (Wildman–Crippen LogP) is 9.24. The van der Waals surface area contributed by atoms with E-state index >= 15 is 0 Å². The molecule has 3 aromatic carbocycles. The zero-order valence-electron chi connectivity index (χ0n) is 25.1. The molecule has 0 radical (unpaired) electrons. The number of piperidine rings is 3. The standard InChI is InChI=1S/C35H32F6N4OS/c1-2-22-19-45-13-11-23(22)14-31(45)32(46-20-21-6-4-3-5-7-21)28-10-12-42-30-9-8-26(18-29(28)30)43-33(47)44-27-16-24(34(36,37)38)15-25(17-27)35(39,40)41/h2-10,12,15-18,22-23,31-32H,1,11,13-14,19-20H2,(H2,43,44,47)/t22?,23?,31-,32+/m0/s1. The van der Waals surface area contributed by atoms with E-state index in [9.17, 15) is 26.3 Å². The van der Waals surface area contributed by atoms with E-state index < -0.39 is 29.2 Å². The topological polar surface area (TPSA) is 49.4 Å². The highest BCUT2D eigenvalue weighted by molar-refractivity contribution is 7.80. The normalized spacial score (nSPS) is 21.7. The average Bonchev–Trinajstić information content (AvgIpc) is 3.04. The number of alkyl halides is 6. The Kier molecular flexibility index (Phi) is 9.28. The summed E-state index contributed by atoms with van der Waals surface area (Å²) in [7, 11) is 0. The second kappa shape index (κ2) is 13.2. The molecule has 2 N–H and O–H groups in total. The van der Waals surface area contributed by atoms with Crippen LogP contribution in [0.25, 0.3) is 10.9 Å². The molecule has 0 aliphatic carbocycles. The van der Waals surface area contributed by atoms with Crippen LogP contribution in [0.2, 0.25) is 0 Å². The molecule has 246 valence electrons. The highest BCUT2D eigenvalue weighted by atomic mass is 32.1. The van der Waals surface area contributed by atoms with Crippen LogP contribution in [-0.4, -0.2) is 34.1 Å². The van der Waals surface area contributed by atoms with Crippen molar-refractivity contribution in [3.05, 3.63) is 114 Å². The van der Waals surface area contributed by atoms with Gasteiger partial charge in [0.05, 0.1) is 29.4 Å². The van der Waals surface area contributed by atoms with Crippen molar-refractivity contribution in [2.45, 2.75) is 43.9 Å². The number of halogens is 6. The molecule has 3 saturated heterocycles. The Morgan fingerprint density at radius 1 is 0.957 bits per heavy atom. The maximum absolute atomic E-state index is 13.4. The number of hydrogen-bond acceptors (Lipinski definition) is 4. The minimum atomic E-state index is -4.98. The lowest BCUT2D eigenvalue weighted by atomic mass is 9.73. The van der Waals surface area contributed by atoms with Crippen molar-refractivity contribution in [3.63, 3.8) is 0 Å². The first kappa shape index (κ1) is 32.9. The van der Waals surface area contributed by atoms with Crippen molar-refractivity contribution in [2.75, 3.05) is 23.7 Å². The van der Waals surface area contributed by atoms with Crippen LogP contribution >= 0.6 is 12.2 Å². The van der Waals surface area contributed by atoms with E-state index in [-0.39, 0.29) is 23.3 Å². The molecule has 4 aromatic rings. The van der Waals surface area contributed by atoms with Crippen LogP contribution in [0.5, 0.6) is 0 Å². The first-order valence-electron chi connectivity index (χ1n) is 15.2. The Balaban J connectivity index is 1.29. The van der Waals surface area contributed by atoms with Crippen molar-refractivity contribution in [2.24, 2.45) is 11.8 Å². The molecule has 5 atom stereocenters. The van der Waals surface area contributed by atoms with E-state index in [1.54, 1.807) is 18.3 Å². The van der Waals surface area contributed by atoms with E-state index in [2.05, 4.69) is 27.1 Å². The second-order valence-electron chi connectivity index (χ2n) is 12.0. The van der Waals surface area contributed by atoms with Crippen LogP contribution in [0.3, 0.4) is 0 Å². The molecule has 7 rings (SSSR count). The molecular weight excluding hydrogens is 638 g/mol. The van der Waals surface area contributed by atoms with E-state index in [4.69, 9.17) is 17.0 Å². The Bertz CT molecular complexity index is 1730. The van der Waals surface area contributed by atoms with Gasteiger partial charge in [-0.25, -0.2) is 0 Å². The van der Waals surface area contributed by atoms with E-state index in [0.717, 1.165) is 42.4 Å².